The summed E-state index contributed by atoms with van der Waals surface area (Å²) in [6.45, 7) is 7.73. The number of hydrogen-bond donors (Lipinski definition) is 2. The van der Waals surface area contributed by atoms with Gasteiger partial charge in [0.25, 0.3) is 11.5 Å². The molecule has 3 heterocycles. The van der Waals surface area contributed by atoms with Crippen molar-refractivity contribution in [2.45, 2.75) is 25.8 Å². The Balaban J connectivity index is 1.63. The molecule has 3 aromatic rings. The van der Waals surface area contributed by atoms with E-state index in [0.29, 0.717) is 45.1 Å². The summed E-state index contributed by atoms with van der Waals surface area (Å²) in [7, 11) is 6.72. The fraction of sp³-hybridized carbons (Fsp3) is 0.385. The standard InChI is InChI=1S/C26H32N6O4/c1-15(2)21-22-19(32(4)25(34)23(21)36-6)14-27-26(30-22)29-18-8-7-16(13-20(18)35-5)24(33)28-17-9-11-31(3)12-10-17/h7-8,13-14,17H,1,9-12H2,2-6H3,(H,28,33)(H,27,29,30). The van der Waals surface area contributed by atoms with Crippen molar-refractivity contribution in [3.8, 4) is 11.5 Å². The van der Waals surface area contributed by atoms with E-state index in [-0.39, 0.29) is 23.3 Å². The molecule has 0 unspecified atom stereocenters. The van der Waals surface area contributed by atoms with Gasteiger partial charge < -0.3 is 29.6 Å². The fourth-order valence-electron chi connectivity index (χ4n) is 4.40. The van der Waals surface area contributed by atoms with Gasteiger partial charge in [-0.05, 0) is 63.7 Å². The summed E-state index contributed by atoms with van der Waals surface area (Å²) in [6, 6.07) is 5.36. The van der Waals surface area contributed by atoms with Crippen LogP contribution in [0.1, 0.15) is 35.7 Å². The summed E-state index contributed by atoms with van der Waals surface area (Å²) in [5, 5.41) is 6.28. The van der Waals surface area contributed by atoms with Crippen molar-refractivity contribution in [1.82, 2.24) is 24.8 Å². The van der Waals surface area contributed by atoms with Crippen LogP contribution in [0.5, 0.6) is 11.5 Å². The van der Waals surface area contributed by atoms with E-state index in [4.69, 9.17) is 9.47 Å². The lowest BCUT2D eigenvalue weighted by Gasteiger charge is -2.29. The molecule has 0 saturated carbocycles. The highest BCUT2D eigenvalue weighted by Gasteiger charge is 2.21. The van der Waals surface area contributed by atoms with Gasteiger partial charge in [0, 0.05) is 18.7 Å². The lowest BCUT2D eigenvalue weighted by atomic mass is 10.0. The van der Waals surface area contributed by atoms with Gasteiger partial charge in [-0.1, -0.05) is 6.58 Å². The first-order chi connectivity index (χ1) is 17.2. The molecule has 1 saturated heterocycles. The SMILES string of the molecule is C=C(C)c1c(OC)c(=O)n(C)c2cnc(Nc3ccc(C(=O)NC4CCN(C)CC4)cc3OC)nc12. The molecule has 1 aromatic carbocycles. The molecule has 1 amide bonds. The summed E-state index contributed by atoms with van der Waals surface area (Å²) >= 11 is 0. The highest BCUT2D eigenvalue weighted by atomic mass is 16.5. The Morgan fingerprint density at radius 2 is 1.89 bits per heavy atom. The molecule has 1 aliphatic heterocycles. The topological polar surface area (TPSA) is 111 Å². The van der Waals surface area contributed by atoms with E-state index in [1.54, 1.807) is 45.5 Å². The van der Waals surface area contributed by atoms with Gasteiger partial charge >= 0.3 is 0 Å². The minimum Gasteiger partial charge on any atom is -0.495 e. The second-order valence-corrected chi connectivity index (χ2v) is 9.07. The van der Waals surface area contributed by atoms with Crippen LogP contribution in [0.25, 0.3) is 16.6 Å². The number of rotatable bonds is 7. The zero-order valence-electron chi connectivity index (χ0n) is 21.3. The van der Waals surface area contributed by atoms with Gasteiger partial charge in [-0.3, -0.25) is 9.59 Å². The Hall–Kier alpha value is -3.92. The fourth-order valence-corrected chi connectivity index (χ4v) is 4.40. The van der Waals surface area contributed by atoms with Gasteiger partial charge in [0.15, 0.2) is 5.75 Å². The third-order valence-corrected chi connectivity index (χ3v) is 6.49. The van der Waals surface area contributed by atoms with E-state index >= 15 is 0 Å². The number of amides is 1. The number of piperidine rings is 1. The first-order valence-corrected chi connectivity index (χ1v) is 11.8. The molecule has 2 aromatic heterocycles. The van der Waals surface area contributed by atoms with Crippen LogP contribution in [0.3, 0.4) is 0 Å². The quantitative estimate of drug-likeness (QED) is 0.518. The number of nitrogens with zero attached hydrogens (tertiary/aromatic N) is 4. The summed E-state index contributed by atoms with van der Waals surface area (Å²) in [5.41, 5.74) is 3.10. The molecule has 10 heteroatoms. The van der Waals surface area contributed by atoms with E-state index in [1.165, 1.54) is 11.7 Å². The number of benzene rings is 1. The first kappa shape index (κ1) is 25.2. The van der Waals surface area contributed by atoms with E-state index in [0.717, 1.165) is 25.9 Å². The predicted molar refractivity (Wildman–Crippen MR) is 140 cm³/mol. The number of carbonyl (C=O) groups is 1. The Labute approximate surface area is 209 Å². The van der Waals surface area contributed by atoms with Gasteiger partial charge in [-0.2, -0.15) is 0 Å². The number of methoxy groups -OCH3 is 2. The van der Waals surface area contributed by atoms with Crippen molar-refractivity contribution in [3.63, 3.8) is 0 Å². The summed E-state index contributed by atoms with van der Waals surface area (Å²) < 4.78 is 12.4. The van der Waals surface area contributed by atoms with Crippen LogP contribution in [0, 0.1) is 0 Å². The highest BCUT2D eigenvalue weighted by molar-refractivity contribution is 5.96. The van der Waals surface area contributed by atoms with E-state index in [2.05, 4.69) is 39.1 Å². The van der Waals surface area contributed by atoms with Crippen LogP contribution in [-0.2, 0) is 7.05 Å². The maximum atomic E-state index is 12.8. The van der Waals surface area contributed by atoms with Gasteiger partial charge in [-0.25, -0.2) is 9.97 Å². The third-order valence-electron chi connectivity index (χ3n) is 6.49. The number of nitrogens with one attached hydrogen (secondary N) is 2. The molecule has 1 aliphatic rings. The summed E-state index contributed by atoms with van der Waals surface area (Å²) in [5.74, 6) is 0.829. The molecule has 4 rings (SSSR count). The predicted octanol–water partition coefficient (Wildman–Crippen LogP) is 2.95. The molecular weight excluding hydrogens is 460 g/mol. The zero-order chi connectivity index (χ0) is 26.0. The largest absolute Gasteiger partial charge is 0.495 e. The second kappa shape index (κ2) is 10.4. The van der Waals surface area contributed by atoms with E-state index in [1.807, 2.05) is 0 Å². The number of ether oxygens (including phenoxy) is 2. The number of aromatic nitrogens is 3. The van der Waals surface area contributed by atoms with Crippen molar-refractivity contribution >= 4 is 34.1 Å². The van der Waals surface area contributed by atoms with Crippen LogP contribution in [-0.4, -0.2) is 65.7 Å². The minimum absolute atomic E-state index is 0.129. The van der Waals surface area contributed by atoms with Crippen molar-refractivity contribution < 1.29 is 14.3 Å². The summed E-state index contributed by atoms with van der Waals surface area (Å²) in [6.07, 6.45) is 3.44. The molecule has 0 atom stereocenters. The normalized spacial score (nSPS) is 14.5. The van der Waals surface area contributed by atoms with Crippen molar-refractivity contribution in [1.29, 1.82) is 0 Å². The number of likely N-dealkylation sites (tertiary alicyclic amines) is 1. The Morgan fingerprint density at radius 1 is 1.17 bits per heavy atom. The molecule has 36 heavy (non-hydrogen) atoms. The highest BCUT2D eigenvalue weighted by Crippen LogP contribution is 2.31. The maximum absolute atomic E-state index is 12.8. The van der Waals surface area contributed by atoms with E-state index in [9.17, 15) is 9.59 Å². The van der Waals surface area contributed by atoms with Crippen molar-refractivity contribution in [2.24, 2.45) is 7.05 Å². The maximum Gasteiger partial charge on any atom is 0.293 e. The average molecular weight is 493 g/mol. The number of carbonyl (C=O) groups excluding carboxylic acids is 1. The zero-order valence-corrected chi connectivity index (χ0v) is 21.3. The lowest BCUT2D eigenvalue weighted by molar-refractivity contribution is 0.0916. The molecule has 2 N–H and O–H groups in total. The smallest absolute Gasteiger partial charge is 0.293 e. The molecule has 10 nitrogen and oxygen atoms in total. The third kappa shape index (κ3) is 4.90. The molecule has 0 radical (unpaired) electrons. The number of anilines is 2. The average Bonchev–Trinajstić information content (AvgIpc) is 2.87. The summed E-state index contributed by atoms with van der Waals surface area (Å²) in [4.78, 5) is 36.8. The van der Waals surface area contributed by atoms with Crippen LogP contribution >= 0.6 is 0 Å². The molecule has 1 fully saturated rings. The van der Waals surface area contributed by atoms with Crippen LogP contribution in [0.4, 0.5) is 11.6 Å². The molecule has 190 valence electrons. The number of pyridine rings is 1. The molecule has 0 aliphatic carbocycles. The lowest BCUT2D eigenvalue weighted by Crippen LogP contribution is -2.43. The number of hydrogen-bond acceptors (Lipinski definition) is 8. The Kier molecular flexibility index (Phi) is 7.25. The van der Waals surface area contributed by atoms with Crippen LogP contribution < -0.4 is 25.7 Å². The van der Waals surface area contributed by atoms with Gasteiger partial charge in [0.05, 0.1) is 37.2 Å². The minimum atomic E-state index is -0.289. The number of allylic oxidation sites excluding steroid dienone is 1. The number of aryl methyl sites for hydroxylation is 1. The molecule has 0 bridgehead atoms. The monoisotopic (exact) mass is 492 g/mol. The Morgan fingerprint density at radius 3 is 2.53 bits per heavy atom. The van der Waals surface area contributed by atoms with Gasteiger partial charge in [0.2, 0.25) is 5.95 Å². The van der Waals surface area contributed by atoms with Crippen LogP contribution in [0.2, 0.25) is 0 Å². The molecular formula is C26H32N6O4. The van der Waals surface area contributed by atoms with Crippen molar-refractivity contribution in [3.05, 3.63) is 52.5 Å². The van der Waals surface area contributed by atoms with Crippen molar-refractivity contribution in [2.75, 3.05) is 39.7 Å². The second-order valence-electron chi connectivity index (χ2n) is 9.07. The van der Waals surface area contributed by atoms with E-state index < -0.39 is 0 Å². The van der Waals surface area contributed by atoms with Crippen LogP contribution in [0.15, 0.2) is 35.8 Å². The number of fused-ring (bicyclic) bond motifs is 1. The molecule has 0 spiro atoms. The first-order valence-electron chi connectivity index (χ1n) is 11.8. The van der Waals surface area contributed by atoms with Gasteiger partial charge in [0.1, 0.15) is 11.3 Å². The Bertz CT molecular complexity index is 1380. The van der Waals surface area contributed by atoms with Gasteiger partial charge in [-0.15, -0.1) is 0 Å².